The van der Waals surface area contributed by atoms with Gasteiger partial charge in [-0.2, -0.15) is 0 Å². The zero-order valence-corrected chi connectivity index (χ0v) is 11.3. The number of ether oxygens (including phenoxy) is 1. The smallest absolute Gasteiger partial charge is 0.133 e. The normalized spacial score (nSPS) is 22.3. The van der Waals surface area contributed by atoms with E-state index in [0.717, 1.165) is 31.7 Å². The molecule has 18 heavy (non-hydrogen) atoms. The molecule has 1 aliphatic rings. The van der Waals surface area contributed by atoms with Crippen LogP contribution in [0.5, 0.6) is 0 Å². The molecule has 0 aromatic carbocycles. The summed E-state index contributed by atoms with van der Waals surface area (Å²) in [6.07, 6.45) is 3.23. The molecule has 0 spiro atoms. The maximum atomic E-state index is 10.4. The summed E-state index contributed by atoms with van der Waals surface area (Å²) >= 11 is 0. The fraction of sp³-hybridized carbons (Fsp3) is 0.714. The molecule has 1 saturated heterocycles. The second kappa shape index (κ2) is 5.87. The summed E-state index contributed by atoms with van der Waals surface area (Å²) in [5, 5.41) is 10.4. The van der Waals surface area contributed by atoms with E-state index in [0.29, 0.717) is 13.2 Å². The van der Waals surface area contributed by atoms with Crippen molar-refractivity contribution in [3.05, 3.63) is 24.2 Å². The molecule has 1 aromatic rings. The third-order valence-electron chi connectivity index (χ3n) is 3.85. The molecular formula is C14H23NO3. The van der Waals surface area contributed by atoms with Crippen LogP contribution in [0.15, 0.2) is 22.8 Å². The summed E-state index contributed by atoms with van der Waals surface area (Å²) < 4.78 is 11.1. The maximum Gasteiger partial charge on any atom is 0.133 e. The van der Waals surface area contributed by atoms with Crippen LogP contribution in [0.2, 0.25) is 0 Å². The number of nitrogens with zero attached hydrogens (tertiary/aromatic N) is 1. The average Bonchev–Trinajstić information content (AvgIpc) is 2.93. The van der Waals surface area contributed by atoms with Crippen LogP contribution in [-0.4, -0.2) is 41.8 Å². The van der Waals surface area contributed by atoms with Crippen molar-refractivity contribution < 1.29 is 14.3 Å². The molecule has 4 nitrogen and oxygen atoms in total. The topological polar surface area (TPSA) is 45.8 Å². The van der Waals surface area contributed by atoms with Crippen molar-refractivity contribution in [2.24, 2.45) is 0 Å². The number of furan rings is 1. The van der Waals surface area contributed by atoms with Gasteiger partial charge in [-0.15, -0.1) is 0 Å². The quantitative estimate of drug-likeness (QED) is 0.874. The van der Waals surface area contributed by atoms with Gasteiger partial charge < -0.3 is 14.3 Å². The summed E-state index contributed by atoms with van der Waals surface area (Å²) in [5.41, 5.74) is -0.578. The Morgan fingerprint density at radius 3 is 2.83 bits per heavy atom. The minimum Gasteiger partial charge on any atom is -0.467 e. The average molecular weight is 253 g/mol. The molecule has 0 radical (unpaired) electrons. The lowest BCUT2D eigenvalue weighted by Gasteiger charge is -2.37. The lowest BCUT2D eigenvalue weighted by molar-refractivity contribution is -0.0738. The van der Waals surface area contributed by atoms with Crippen LogP contribution in [0.1, 0.15) is 38.6 Å². The third-order valence-corrected chi connectivity index (χ3v) is 3.85. The Bertz CT molecular complexity index is 346. The van der Waals surface area contributed by atoms with E-state index in [1.807, 2.05) is 26.0 Å². The highest BCUT2D eigenvalue weighted by Gasteiger charge is 2.30. The first-order valence-electron chi connectivity index (χ1n) is 6.76. The second-order valence-corrected chi connectivity index (χ2v) is 5.04. The van der Waals surface area contributed by atoms with E-state index in [-0.39, 0.29) is 6.10 Å². The predicted molar refractivity (Wildman–Crippen MR) is 69.4 cm³/mol. The zero-order chi connectivity index (χ0) is 13.0. The van der Waals surface area contributed by atoms with Gasteiger partial charge in [0.05, 0.1) is 18.5 Å². The van der Waals surface area contributed by atoms with Crippen molar-refractivity contribution in [2.75, 3.05) is 26.2 Å². The number of morpholine rings is 1. The summed E-state index contributed by atoms with van der Waals surface area (Å²) in [4.78, 5) is 2.27. The predicted octanol–water partition coefficient (Wildman–Crippen LogP) is 2.20. The van der Waals surface area contributed by atoms with E-state index in [4.69, 9.17) is 9.15 Å². The van der Waals surface area contributed by atoms with Crippen LogP contribution in [-0.2, 0) is 4.74 Å². The van der Waals surface area contributed by atoms with Gasteiger partial charge >= 0.3 is 0 Å². The van der Waals surface area contributed by atoms with Crippen molar-refractivity contribution in [1.29, 1.82) is 0 Å². The largest absolute Gasteiger partial charge is 0.467 e. The Hall–Kier alpha value is -0.840. The zero-order valence-electron chi connectivity index (χ0n) is 11.3. The highest BCUT2D eigenvalue weighted by atomic mass is 16.5. The lowest BCUT2D eigenvalue weighted by atomic mass is 9.96. The number of β-amino-alcohol motifs (C(OH)–C–C–N with tert-alkyl or cyclic N) is 1. The number of rotatable bonds is 5. The van der Waals surface area contributed by atoms with Crippen LogP contribution >= 0.6 is 0 Å². The Balaban J connectivity index is 1.95. The molecule has 0 aliphatic carbocycles. The van der Waals surface area contributed by atoms with E-state index in [2.05, 4.69) is 4.90 Å². The van der Waals surface area contributed by atoms with Gasteiger partial charge in [-0.1, -0.05) is 13.8 Å². The summed E-state index contributed by atoms with van der Waals surface area (Å²) in [6, 6.07) is 3.83. The molecule has 0 bridgehead atoms. The first kappa shape index (κ1) is 13.6. The number of hydrogen-bond donors (Lipinski definition) is 1. The Morgan fingerprint density at radius 1 is 1.44 bits per heavy atom. The minimum absolute atomic E-state index is 0.00767. The monoisotopic (exact) mass is 253 g/mol. The van der Waals surface area contributed by atoms with Gasteiger partial charge in [-0.05, 0) is 25.0 Å². The summed E-state index contributed by atoms with van der Waals surface area (Å²) in [6.45, 7) is 7.13. The van der Waals surface area contributed by atoms with E-state index in [1.165, 1.54) is 0 Å². The third kappa shape index (κ3) is 3.13. The van der Waals surface area contributed by atoms with Crippen LogP contribution in [0.3, 0.4) is 0 Å². The lowest BCUT2D eigenvalue weighted by Crippen LogP contribution is -2.47. The molecule has 0 amide bonds. The van der Waals surface area contributed by atoms with Gasteiger partial charge in [0.2, 0.25) is 0 Å². The molecule has 1 atom stereocenters. The molecule has 2 heterocycles. The molecule has 2 rings (SSSR count). The van der Waals surface area contributed by atoms with Crippen LogP contribution in [0.4, 0.5) is 0 Å². The molecule has 0 saturated carbocycles. The highest BCUT2D eigenvalue weighted by molar-refractivity contribution is 5.04. The molecule has 4 heteroatoms. The van der Waals surface area contributed by atoms with Crippen molar-refractivity contribution >= 4 is 0 Å². The van der Waals surface area contributed by atoms with Gasteiger partial charge in [-0.3, -0.25) is 4.90 Å². The van der Waals surface area contributed by atoms with Crippen molar-refractivity contribution in [1.82, 2.24) is 4.90 Å². The van der Waals surface area contributed by atoms with E-state index in [9.17, 15) is 5.11 Å². The minimum atomic E-state index is -0.578. The molecule has 1 aliphatic heterocycles. The maximum absolute atomic E-state index is 10.4. The molecule has 1 unspecified atom stereocenters. The fourth-order valence-corrected chi connectivity index (χ4v) is 2.38. The van der Waals surface area contributed by atoms with Crippen LogP contribution < -0.4 is 0 Å². The summed E-state index contributed by atoms with van der Waals surface area (Å²) in [5.74, 6) is 0.872. The van der Waals surface area contributed by atoms with E-state index in [1.54, 1.807) is 6.26 Å². The van der Waals surface area contributed by atoms with Gasteiger partial charge in [-0.25, -0.2) is 0 Å². The van der Waals surface area contributed by atoms with E-state index < -0.39 is 5.60 Å². The first-order valence-corrected chi connectivity index (χ1v) is 6.76. The Labute approximate surface area is 109 Å². The van der Waals surface area contributed by atoms with Crippen molar-refractivity contribution in [2.45, 2.75) is 38.4 Å². The van der Waals surface area contributed by atoms with Crippen molar-refractivity contribution in [3.63, 3.8) is 0 Å². The van der Waals surface area contributed by atoms with Crippen LogP contribution in [0.25, 0.3) is 0 Å². The summed E-state index contributed by atoms with van der Waals surface area (Å²) in [7, 11) is 0. The first-order chi connectivity index (χ1) is 8.67. The Morgan fingerprint density at radius 2 is 2.22 bits per heavy atom. The van der Waals surface area contributed by atoms with Gasteiger partial charge in [0.25, 0.3) is 0 Å². The van der Waals surface area contributed by atoms with E-state index >= 15 is 0 Å². The molecular weight excluding hydrogens is 230 g/mol. The van der Waals surface area contributed by atoms with Gasteiger partial charge in [0.1, 0.15) is 11.9 Å². The molecule has 102 valence electrons. The van der Waals surface area contributed by atoms with Crippen LogP contribution in [0, 0.1) is 0 Å². The molecule has 1 fully saturated rings. The SMILES string of the molecule is CCC(O)(CC)CN1CCOC(c2ccco2)C1. The molecule has 1 aromatic heterocycles. The Kier molecular flexibility index (Phi) is 4.43. The highest BCUT2D eigenvalue weighted by Crippen LogP contribution is 2.25. The molecule has 1 N–H and O–H groups in total. The van der Waals surface area contributed by atoms with Crippen molar-refractivity contribution in [3.8, 4) is 0 Å². The van der Waals surface area contributed by atoms with Gasteiger partial charge in [0.15, 0.2) is 0 Å². The number of hydrogen-bond acceptors (Lipinski definition) is 4. The number of aliphatic hydroxyl groups is 1. The standard InChI is InChI=1S/C14H23NO3/c1-3-14(16,4-2)11-15-7-9-18-13(10-15)12-6-5-8-17-12/h5-6,8,13,16H,3-4,7,9-11H2,1-2H3. The second-order valence-electron chi connectivity index (χ2n) is 5.04. The fourth-order valence-electron chi connectivity index (χ4n) is 2.38. The van der Waals surface area contributed by atoms with Gasteiger partial charge in [0, 0.05) is 19.6 Å².